The monoisotopic (exact) mass is 219 g/mol. The lowest BCUT2D eigenvalue weighted by atomic mass is 10.3. The quantitative estimate of drug-likeness (QED) is 0.741. The van der Waals surface area contributed by atoms with Gasteiger partial charge < -0.3 is 10.0 Å². The van der Waals surface area contributed by atoms with E-state index in [0.29, 0.717) is 0 Å². The van der Waals surface area contributed by atoms with E-state index in [9.17, 15) is 9.59 Å². The van der Waals surface area contributed by atoms with Gasteiger partial charge in [-0.1, -0.05) is 6.07 Å². The third kappa shape index (κ3) is 2.54. The van der Waals surface area contributed by atoms with Gasteiger partial charge in [-0.25, -0.2) is 9.78 Å². The predicted molar refractivity (Wildman–Crippen MR) is 53.8 cm³/mol. The molecule has 1 aromatic heterocycles. The van der Waals surface area contributed by atoms with Crippen LogP contribution in [-0.2, 0) is 0 Å². The number of carboxylic acid groups (broad SMARTS) is 1. The standard InChI is InChI=1S/C10H9N3O3/c1-13(6-5-11)9(14)7-3-2-4-8(12-7)10(15)16/h2-4H,6H2,1H3,(H,15,16). The lowest BCUT2D eigenvalue weighted by Crippen LogP contribution is -2.28. The van der Waals surface area contributed by atoms with Crippen molar-refractivity contribution >= 4 is 11.9 Å². The predicted octanol–water partition coefficient (Wildman–Crippen LogP) is 0.375. The number of carbonyl (C=O) groups is 2. The van der Waals surface area contributed by atoms with E-state index in [-0.39, 0.29) is 17.9 Å². The van der Waals surface area contributed by atoms with E-state index in [2.05, 4.69) is 4.98 Å². The van der Waals surface area contributed by atoms with Crippen LogP contribution in [0.3, 0.4) is 0 Å². The van der Waals surface area contributed by atoms with Gasteiger partial charge in [0.15, 0.2) is 0 Å². The van der Waals surface area contributed by atoms with Crippen molar-refractivity contribution in [1.82, 2.24) is 9.88 Å². The molecule has 0 fully saturated rings. The molecule has 0 radical (unpaired) electrons. The van der Waals surface area contributed by atoms with Gasteiger partial charge >= 0.3 is 5.97 Å². The Morgan fingerprint density at radius 2 is 2.12 bits per heavy atom. The maximum atomic E-state index is 11.6. The zero-order valence-electron chi connectivity index (χ0n) is 8.54. The second kappa shape index (κ2) is 4.89. The number of rotatable bonds is 3. The molecule has 16 heavy (non-hydrogen) atoms. The molecule has 0 saturated carbocycles. The van der Waals surface area contributed by atoms with Crippen molar-refractivity contribution in [3.05, 3.63) is 29.6 Å². The molecule has 82 valence electrons. The highest BCUT2D eigenvalue weighted by atomic mass is 16.4. The third-order valence-corrected chi connectivity index (χ3v) is 1.84. The van der Waals surface area contributed by atoms with Gasteiger partial charge in [-0.2, -0.15) is 5.26 Å². The number of pyridine rings is 1. The van der Waals surface area contributed by atoms with Crippen LogP contribution in [-0.4, -0.2) is 40.5 Å². The van der Waals surface area contributed by atoms with Crippen molar-refractivity contribution in [2.75, 3.05) is 13.6 Å². The van der Waals surface area contributed by atoms with Gasteiger partial charge in [0.25, 0.3) is 5.91 Å². The zero-order valence-corrected chi connectivity index (χ0v) is 8.54. The lowest BCUT2D eigenvalue weighted by molar-refractivity contribution is 0.0690. The molecule has 0 aliphatic heterocycles. The number of amides is 1. The molecule has 0 unspecified atom stereocenters. The van der Waals surface area contributed by atoms with E-state index in [0.717, 1.165) is 4.90 Å². The first-order valence-electron chi connectivity index (χ1n) is 4.39. The summed E-state index contributed by atoms with van der Waals surface area (Å²) in [4.78, 5) is 27.1. The molecular formula is C10H9N3O3. The fraction of sp³-hybridized carbons (Fsp3) is 0.200. The summed E-state index contributed by atoms with van der Waals surface area (Å²) >= 11 is 0. The molecule has 1 aromatic rings. The summed E-state index contributed by atoms with van der Waals surface area (Å²) in [5.74, 6) is -1.68. The van der Waals surface area contributed by atoms with Crippen LogP contribution in [0.4, 0.5) is 0 Å². The second-order valence-corrected chi connectivity index (χ2v) is 3.03. The van der Waals surface area contributed by atoms with E-state index in [1.54, 1.807) is 0 Å². The molecule has 1 amide bonds. The second-order valence-electron chi connectivity index (χ2n) is 3.03. The highest BCUT2D eigenvalue weighted by Gasteiger charge is 2.14. The van der Waals surface area contributed by atoms with Gasteiger partial charge in [-0.15, -0.1) is 0 Å². The number of nitrogens with zero attached hydrogens (tertiary/aromatic N) is 3. The topological polar surface area (TPSA) is 94.3 Å². The summed E-state index contributed by atoms with van der Waals surface area (Å²) in [6.45, 7) is -0.0716. The van der Waals surface area contributed by atoms with Crippen LogP contribution >= 0.6 is 0 Å². The first-order valence-corrected chi connectivity index (χ1v) is 4.39. The van der Waals surface area contributed by atoms with Gasteiger partial charge in [0, 0.05) is 7.05 Å². The number of carboxylic acids is 1. The van der Waals surface area contributed by atoms with Crippen LogP contribution in [0.1, 0.15) is 21.0 Å². The number of nitriles is 1. The minimum atomic E-state index is -1.20. The summed E-state index contributed by atoms with van der Waals surface area (Å²) in [6, 6.07) is 5.95. The average Bonchev–Trinajstić information content (AvgIpc) is 2.28. The highest BCUT2D eigenvalue weighted by Crippen LogP contribution is 2.02. The van der Waals surface area contributed by atoms with Crippen LogP contribution < -0.4 is 0 Å². The Labute approximate surface area is 91.7 Å². The Bertz CT molecular complexity index is 465. The molecule has 0 bridgehead atoms. The Morgan fingerprint density at radius 3 is 2.69 bits per heavy atom. The fourth-order valence-corrected chi connectivity index (χ4v) is 1.05. The Morgan fingerprint density at radius 1 is 1.50 bits per heavy atom. The van der Waals surface area contributed by atoms with Crippen molar-refractivity contribution in [2.24, 2.45) is 0 Å². The number of aromatic carboxylic acids is 1. The maximum Gasteiger partial charge on any atom is 0.354 e. The van der Waals surface area contributed by atoms with E-state index in [4.69, 9.17) is 10.4 Å². The minimum absolute atomic E-state index is 0.0117. The Kier molecular flexibility index (Phi) is 3.56. The molecule has 1 N–H and O–H groups in total. The summed E-state index contributed by atoms with van der Waals surface area (Å²) in [6.07, 6.45) is 0. The van der Waals surface area contributed by atoms with Gasteiger partial charge in [0.2, 0.25) is 0 Å². The molecule has 6 nitrogen and oxygen atoms in total. The molecule has 0 saturated heterocycles. The smallest absolute Gasteiger partial charge is 0.354 e. The van der Waals surface area contributed by atoms with Crippen LogP contribution in [0.5, 0.6) is 0 Å². The van der Waals surface area contributed by atoms with E-state index >= 15 is 0 Å². The van der Waals surface area contributed by atoms with Crippen LogP contribution in [0.25, 0.3) is 0 Å². The summed E-state index contributed by atoms with van der Waals surface area (Å²) in [5, 5.41) is 17.1. The summed E-state index contributed by atoms with van der Waals surface area (Å²) in [5.41, 5.74) is -0.186. The molecular weight excluding hydrogens is 210 g/mol. The minimum Gasteiger partial charge on any atom is -0.477 e. The summed E-state index contributed by atoms with van der Waals surface area (Å²) < 4.78 is 0. The van der Waals surface area contributed by atoms with Crippen LogP contribution in [0.2, 0.25) is 0 Å². The number of hydrogen-bond acceptors (Lipinski definition) is 4. The maximum absolute atomic E-state index is 11.6. The van der Waals surface area contributed by atoms with Gasteiger partial charge in [0.1, 0.15) is 17.9 Å². The van der Waals surface area contributed by atoms with Crippen molar-refractivity contribution in [3.63, 3.8) is 0 Å². The fourth-order valence-electron chi connectivity index (χ4n) is 1.05. The zero-order chi connectivity index (χ0) is 12.1. The SMILES string of the molecule is CN(CC#N)C(=O)c1cccc(C(=O)O)n1. The van der Waals surface area contributed by atoms with E-state index in [1.165, 1.54) is 25.2 Å². The molecule has 1 rings (SSSR count). The number of carbonyl (C=O) groups excluding carboxylic acids is 1. The molecule has 6 heteroatoms. The van der Waals surface area contributed by atoms with E-state index in [1.807, 2.05) is 6.07 Å². The van der Waals surface area contributed by atoms with E-state index < -0.39 is 11.9 Å². The van der Waals surface area contributed by atoms with Gasteiger partial charge in [-0.05, 0) is 12.1 Å². The molecule has 0 aliphatic rings. The highest BCUT2D eigenvalue weighted by molar-refractivity contribution is 5.94. The average molecular weight is 219 g/mol. The number of hydrogen-bond donors (Lipinski definition) is 1. The first kappa shape index (κ1) is 11.7. The number of aromatic nitrogens is 1. The largest absolute Gasteiger partial charge is 0.477 e. The molecule has 0 aliphatic carbocycles. The first-order chi connectivity index (χ1) is 7.56. The van der Waals surface area contributed by atoms with Gasteiger partial charge in [-0.3, -0.25) is 4.79 Å². The Balaban J connectivity index is 2.97. The third-order valence-electron chi connectivity index (χ3n) is 1.84. The Hall–Kier alpha value is -2.42. The van der Waals surface area contributed by atoms with Crippen molar-refractivity contribution < 1.29 is 14.7 Å². The molecule has 0 atom stereocenters. The van der Waals surface area contributed by atoms with Crippen molar-refractivity contribution in [1.29, 1.82) is 5.26 Å². The molecule has 0 aromatic carbocycles. The van der Waals surface area contributed by atoms with Crippen molar-refractivity contribution in [3.8, 4) is 6.07 Å². The van der Waals surface area contributed by atoms with Crippen LogP contribution in [0, 0.1) is 11.3 Å². The van der Waals surface area contributed by atoms with Gasteiger partial charge in [0.05, 0.1) is 6.07 Å². The van der Waals surface area contributed by atoms with Crippen molar-refractivity contribution in [2.45, 2.75) is 0 Å². The molecule has 1 heterocycles. The molecule has 0 spiro atoms. The van der Waals surface area contributed by atoms with Crippen LogP contribution in [0.15, 0.2) is 18.2 Å². The summed E-state index contributed by atoms with van der Waals surface area (Å²) in [7, 11) is 1.45. The lowest BCUT2D eigenvalue weighted by Gasteiger charge is -2.12. The normalized spacial score (nSPS) is 9.25.